The molecule has 0 aliphatic heterocycles. The van der Waals surface area contributed by atoms with Crippen molar-refractivity contribution in [3.63, 3.8) is 0 Å². The average Bonchev–Trinajstić information content (AvgIpc) is 2.56. The third kappa shape index (κ3) is 3.12. The zero-order valence-corrected chi connectivity index (χ0v) is 13.1. The predicted octanol–water partition coefficient (Wildman–Crippen LogP) is 1.80. The van der Waals surface area contributed by atoms with Crippen LogP contribution in [-0.4, -0.2) is 24.0 Å². The minimum Gasteiger partial charge on any atom is -0.493 e. The van der Waals surface area contributed by atoms with Crippen molar-refractivity contribution in [3.8, 4) is 22.8 Å². The highest BCUT2D eigenvalue weighted by molar-refractivity contribution is 5.64. The van der Waals surface area contributed by atoms with Gasteiger partial charge in [-0.2, -0.15) is 5.10 Å². The Hall–Kier alpha value is -2.34. The Labute approximate surface area is 129 Å². The molecule has 0 saturated heterocycles. The van der Waals surface area contributed by atoms with Crippen LogP contribution < -0.4 is 20.8 Å². The summed E-state index contributed by atoms with van der Waals surface area (Å²) >= 11 is 0. The molecule has 0 amide bonds. The number of nitrogens with two attached hydrogens (primary N) is 1. The van der Waals surface area contributed by atoms with E-state index in [0.29, 0.717) is 29.3 Å². The minimum atomic E-state index is -0.131. The molecule has 118 valence electrons. The summed E-state index contributed by atoms with van der Waals surface area (Å²) in [7, 11) is 3.17. The quantitative estimate of drug-likeness (QED) is 0.880. The van der Waals surface area contributed by atoms with Crippen LogP contribution in [0.15, 0.2) is 29.1 Å². The van der Waals surface area contributed by atoms with Crippen LogP contribution in [0.5, 0.6) is 11.5 Å². The van der Waals surface area contributed by atoms with Crippen LogP contribution in [-0.2, 0) is 13.1 Å². The number of nitrogens with zero attached hydrogens (tertiary/aromatic N) is 2. The second-order valence-corrected chi connectivity index (χ2v) is 4.86. The van der Waals surface area contributed by atoms with Crippen LogP contribution in [0.1, 0.15) is 18.9 Å². The molecule has 0 radical (unpaired) electrons. The van der Waals surface area contributed by atoms with E-state index in [1.807, 2.05) is 25.1 Å². The second kappa shape index (κ2) is 7.09. The summed E-state index contributed by atoms with van der Waals surface area (Å²) in [6.45, 7) is 2.75. The number of ether oxygens (including phenoxy) is 2. The summed E-state index contributed by atoms with van der Waals surface area (Å²) < 4.78 is 12.0. The third-order valence-electron chi connectivity index (χ3n) is 3.38. The zero-order valence-electron chi connectivity index (χ0n) is 13.1. The van der Waals surface area contributed by atoms with Crippen molar-refractivity contribution in [3.05, 3.63) is 40.2 Å². The number of hydrogen-bond acceptors (Lipinski definition) is 5. The van der Waals surface area contributed by atoms with E-state index >= 15 is 0 Å². The van der Waals surface area contributed by atoms with Gasteiger partial charge in [-0.05, 0) is 30.7 Å². The first-order valence-electron chi connectivity index (χ1n) is 7.18. The summed E-state index contributed by atoms with van der Waals surface area (Å²) in [6.07, 6.45) is 0.826. The van der Waals surface area contributed by atoms with Crippen LogP contribution in [0, 0.1) is 0 Å². The summed E-state index contributed by atoms with van der Waals surface area (Å²) in [5, 5.41) is 4.42. The van der Waals surface area contributed by atoms with Gasteiger partial charge in [0.25, 0.3) is 5.56 Å². The number of aryl methyl sites for hydroxylation is 1. The molecule has 1 heterocycles. The lowest BCUT2D eigenvalue weighted by Crippen LogP contribution is -2.28. The molecule has 22 heavy (non-hydrogen) atoms. The highest BCUT2D eigenvalue weighted by Gasteiger charge is 2.11. The Bertz CT molecular complexity index is 710. The minimum absolute atomic E-state index is 0.131. The van der Waals surface area contributed by atoms with E-state index in [1.165, 1.54) is 4.68 Å². The number of methoxy groups -OCH3 is 2. The lowest BCUT2D eigenvalue weighted by atomic mass is 10.1. The predicted molar refractivity (Wildman–Crippen MR) is 85.2 cm³/mol. The maximum absolute atomic E-state index is 12.2. The van der Waals surface area contributed by atoms with Crippen LogP contribution in [0.2, 0.25) is 0 Å². The van der Waals surface area contributed by atoms with Gasteiger partial charge < -0.3 is 15.2 Å². The fourth-order valence-corrected chi connectivity index (χ4v) is 2.24. The normalized spacial score (nSPS) is 10.5. The molecule has 0 aliphatic carbocycles. The number of rotatable bonds is 6. The maximum Gasteiger partial charge on any atom is 0.271 e. The van der Waals surface area contributed by atoms with Crippen molar-refractivity contribution in [1.29, 1.82) is 0 Å². The molecule has 0 saturated carbocycles. The molecule has 2 aromatic rings. The average molecular weight is 303 g/mol. The SMILES string of the molecule is CCCn1nc(-c2ccc(OC)c(OC)c2)cc(CN)c1=O. The molecule has 0 spiro atoms. The van der Waals surface area contributed by atoms with Crippen LogP contribution in [0.25, 0.3) is 11.3 Å². The molecule has 1 aromatic carbocycles. The number of hydrogen-bond donors (Lipinski definition) is 1. The van der Waals surface area contributed by atoms with Gasteiger partial charge in [-0.3, -0.25) is 4.79 Å². The highest BCUT2D eigenvalue weighted by atomic mass is 16.5. The van der Waals surface area contributed by atoms with Crippen molar-refractivity contribution in [2.45, 2.75) is 26.4 Å². The molecule has 0 bridgehead atoms. The zero-order chi connectivity index (χ0) is 16.1. The molecule has 0 unspecified atom stereocenters. The Morgan fingerprint density at radius 1 is 1.18 bits per heavy atom. The van der Waals surface area contributed by atoms with Gasteiger partial charge in [-0.25, -0.2) is 4.68 Å². The first-order valence-corrected chi connectivity index (χ1v) is 7.18. The Morgan fingerprint density at radius 3 is 2.50 bits per heavy atom. The van der Waals surface area contributed by atoms with E-state index < -0.39 is 0 Å². The summed E-state index contributed by atoms with van der Waals surface area (Å²) in [6, 6.07) is 7.26. The van der Waals surface area contributed by atoms with Gasteiger partial charge in [0.05, 0.1) is 19.9 Å². The molecule has 2 rings (SSSR count). The van der Waals surface area contributed by atoms with Gasteiger partial charge in [0.2, 0.25) is 0 Å². The Kier molecular flexibility index (Phi) is 5.16. The van der Waals surface area contributed by atoms with E-state index in [0.717, 1.165) is 12.0 Å². The molecular formula is C16H21N3O3. The highest BCUT2D eigenvalue weighted by Crippen LogP contribution is 2.31. The van der Waals surface area contributed by atoms with Gasteiger partial charge in [0, 0.05) is 24.2 Å². The van der Waals surface area contributed by atoms with Crippen LogP contribution in [0.3, 0.4) is 0 Å². The van der Waals surface area contributed by atoms with Crippen molar-refractivity contribution >= 4 is 0 Å². The van der Waals surface area contributed by atoms with Gasteiger partial charge in [-0.1, -0.05) is 6.92 Å². The third-order valence-corrected chi connectivity index (χ3v) is 3.38. The molecule has 6 nitrogen and oxygen atoms in total. The second-order valence-electron chi connectivity index (χ2n) is 4.86. The molecule has 1 aromatic heterocycles. The monoisotopic (exact) mass is 303 g/mol. The number of benzene rings is 1. The van der Waals surface area contributed by atoms with Crippen molar-refractivity contribution in [2.24, 2.45) is 5.73 Å². The van der Waals surface area contributed by atoms with Gasteiger partial charge in [0.15, 0.2) is 11.5 Å². The maximum atomic E-state index is 12.2. The van der Waals surface area contributed by atoms with E-state index in [2.05, 4.69) is 5.10 Å². The van der Waals surface area contributed by atoms with Crippen molar-refractivity contribution in [1.82, 2.24) is 9.78 Å². The molecule has 6 heteroatoms. The van der Waals surface area contributed by atoms with Crippen molar-refractivity contribution in [2.75, 3.05) is 14.2 Å². The standard InChI is InChI=1S/C16H21N3O3/c1-4-7-19-16(20)12(10-17)8-13(18-19)11-5-6-14(21-2)15(9-11)22-3/h5-6,8-9H,4,7,10,17H2,1-3H3. The van der Waals surface area contributed by atoms with Gasteiger partial charge in [0.1, 0.15) is 0 Å². The van der Waals surface area contributed by atoms with E-state index in [4.69, 9.17) is 15.2 Å². The van der Waals surface area contributed by atoms with Gasteiger partial charge in [-0.15, -0.1) is 0 Å². The lowest BCUT2D eigenvalue weighted by molar-refractivity contribution is 0.355. The van der Waals surface area contributed by atoms with E-state index in [1.54, 1.807) is 20.3 Å². The molecule has 0 fully saturated rings. The molecule has 2 N–H and O–H groups in total. The van der Waals surface area contributed by atoms with E-state index in [9.17, 15) is 4.79 Å². The smallest absolute Gasteiger partial charge is 0.271 e. The van der Waals surface area contributed by atoms with Crippen LogP contribution in [0.4, 0.5) is 0 Å². The van der Waals surface area contributed by atoms with Crippen molar-refractivity contribution < 1.29 is 9.47 Å². The first-order chi connectivity index (χ1) is 10.6. The summed E-state index contributed by atoms with van der Waals surface area (Å²) in [5.41, 5.74) is 7.63. The fourth-order valence-electron chi connectivity index (χ4n) is 2.24. The van der Waals surface area contributed by atoms with Crippen LogP contribution >= 0.6 is 0 Å². The van der Waals surface area contributed by atoms with Gasteiger partial charge >= 0.3 is 0 Å². The van der Waals surface area contributed by atoms with E-state index in [-0.39, 0.29) is 12.1 Å². The topological polar surface area (TPSA) is 79.4 Å². The molecule has 0 atom stereocenters. The number of aromatic nitrogens is 2. The Morgan fingerprint density at radius 2 is 1.91 bits per heavy atom. The molecular weight excluding hydrogens is 282 g/mol. The lowest BCUT2D eigenvalue weighted by Gasteiger charge is -2.12. The Balaban J connectivity index is 2.56. The fraction of sp³-hybridized carbons (Fsp3) is 0.375. The first kappa shape index (κ1) is 16.0. The summed E-state index contributed by atoms with van der Waals surface area (Å²) in [4.78, 5) is 12.2. The molecule has 0 aliphatic rings. The largest absolute Gasteiger partial charge is 0.493 e. The summed E-state index contributed by atoms with van der Waals surface area (Å²) in [5.74, 6) is 1.26.